The summed E-state index contributed by atoms with van der Waals surface area (Å²) in [6.45, 7) is 5.87. The maximum atomic E-state index is 12.2. The standard InChI is InChI=1S/C30H35N9O2/c1-16-12-13-20-14-38-23-25(31-17(2)18-10-7-11-18)32-27(28-35-30(40)37(3)36-28)33-26(23)34-29(38)39-21(15-41-24(16)22(20)39)19-8-5-4-6-9-19/h4-6,8-9,16-18,20-21H,7,10-15H2,1-3H3,(H,31,32,33)(H,35,36,40)/t16-,17-,20+,21+/m1/s1. The number of fused-ring (bicyclic) bond motifs is 4. The van der Waals surface area contributed by atoms with Gasteiger partial charge in [-0.1, -0.05) is 43.7 Å². The number of rotatable bonds is 5. The van der Waals surface area contributed by atoms with Gasteiger partial charge < -0.3 is 19.5 Å². The average Bonchev–Trinajstić information content (AvgIpc) is 3.49. The van der Waals surface area contributed by atoms with Crippen molar-refractivity contribution in [2.75, 3.05) is 16.8 Å². The van der Waals surface area contributed by atoms with Gasteiger partial charge in [0.05, 0.1) is 11.7 Å². The monoisotopic (exact) mass is 553 g/mol. The van der Waals surface area contributed by atoms with Gasteiger partial charge in [0.15, 0.2) is 17.3 Å². The number of anilines is 2. The molecule has 11 heteroatoms. The van der Waals surface area contributed by atoms with Crippen LogP contribution in [0.1, 0.15) is 57.6 Å². The number of benzene rings is 1. The molecule has 0 radical (unpaired) electrons. The number of nitrogens with one attached hydrogen (secondary N) is 2. The molecule has 2 N–H and O–H groups in total. The Labute approximate surface area is 237 Å². The zero-order valence-corrected chi connectivity index (χ0v) is 23.7. The van der Waals surface area contributed by atoms with Crippen molar-refractivity contribution in [3.63, 3.8) is 0 Å². The number of ether oxygens (including phenoxy) is 1. The molecule has 1 fully saturated rings. The van der Waals surface area contributed by atoms with E-state index in [-0.39, 0.29) is 17.8 Å². The second-order valence-corrected chi connectivity index (χ2v) is 12.1. The van der Waals surface area contributed by atoms with Crippen molar-refractivity contribution >= 4 is 22.9 Å². The highest BCUT2D eigenvalue weighted by atomic mass is 16.5. The van der Waals surface area contributed by atoms with Gasteiger partial charge in [-0.2, -0.15) is 4.98 Å². The van der Waals surface area contributed by atoms with Crippen molar-refractivity contribution in [2.24, 2.45) is 24.8 Å². The van der Waals surface area contributed by atoms with E-state index < -0.39 is 0 Å². The molecule has 8 rings (SSSR count). The van der Waals surface area contributed by atoms with Gasteiger partial charge in [-0.3, -0.25) is 4.98 Å². The molecule has 0 bridgehead atoms. The highest BCUT2D eigenvalue weighted by Gasteiger charge is 2.45. The molecule has 0 unspecified atom stereocenters. The maximum Gasteiger partial charge on any atom is 0.343 e. The molecule has 2 aliphatic carbocycles. The third kappa shape index (κ3) is 3.81. The van der Waals surface area contributed by atoms with E-state index in [9.17, 15) is 4.79 Å². The highest BCUT2D eigenvalue weighted by Crippen LogP contribution is 2.50. The average molecular weight is 554 g/mol. The Hall–Kier alpha value is -4.15. The minimum Gasteiger partial charge on any atom is -0.493 e. The van der Waals surface area contributed by atoms with Crippen molar-refractivity contribution in [3.05, 3.63) is 57.8 Å². The van der Waals surface area contributed by atoms with Crippen molar-refractivity contribution in [1.82, 2.24) is 34.3 Å². The Bertz CT molecular complexity index is 1730. The van der Waals surface area contributed by atoms with Crippen molar-refractivity contribution in [3.8, 4) is 11.6 Å². The summed E-state index contributed by atoms with van der Waals surface area (Å²) in [7, 11) is 1.62. The van der Waals surface area contributed by atoms with Gasteiger partial charge in [-0.05, 0) is 44.1 Å². The number of hydrogen-bond acceptors (Lipinski definition) is 8. The number of aromatic amines is 1. The maximum absolute atomic E-state index is 12.2. The molecule has 3 aromatic heterocycles. The summed E-state index contributed by atoms with van der Waals surface area (Å²) in [6.07, 6.45) is 5.91. The minimum atomic E-state index is -0.304. The Morgan fingerprint density at radius 3 is 2.66 bits per heavy atom. The van der Waals surface area contributed by atoms with E-state index in [2.05, 4.69) is 69.0 Å². The molecule has 4 atom stereocenters. The number of aryl methyl sites for hydroxylation is 1. The summed E-state index contributed by atoms with van der Waals surface area (Å²) in [4.78, 5) is 32.5. The van der Waals surface area contributed by atoms with Crippen LogP contribution >= 0.6 is 0 Å². The molecule has 5 heterocycles. The summed E-state index contributed by atoms with van der Waals surface area (Å²) in [5.74, 6) is 4.74. The van der Waals surface area contributed by atoms with Crippen molar-refractivity contribution < 1.29 is 4.74 Å². The normalized spacial score (nSPS) is 24.5. The molecule has 1 aromatic carbocycles. The lowest BCUT2D eigenvalue weighted by atomic mass is 9.80. The fourth-order valence-electron chi connectivity index (χ4n) is 7.05. The van der Waals surface area contributed by atoms with Gasteiger partial charge >= 0.3 is 5.69 Å². The third-order valence-corrected chi connectivity index (χ3v) is 9.59. The molecule has 4 aliphatic rings. The van der Waals surface area contributed by atoms with Crippen molar-refractivity contribution in [2.45, 2.75) is 64.6 Å². The van der Waals surface area contributed by atoms with Crippen LogP contribution in [0.3, 0.4) is 0 Å². The predicted molar refractivity (Wildman–Crippen MR) is 155 cm³/mol. The van der Waals surface area contributed by atoms with Gasteiger partial charge in [0.25, 0.3) is 0 Å². The molecule has 0 spiro atoms. The number of aromatic nitrogens is 7. The van der Waals surface area contributed by atoms with Crippen LogP contribution in [0.15, 0.2) is 46.6 Å². The minimum absolute atomic E-state index is 0.00324. The molecule has 0 amide bonds. The van der Waals surface area contributed by atoms with E-state index in [1.807, 2.05) is 0 Å². The first kappa shape index (κ1) is 24.6. The van der Waals surface area contributed by atoms with E-state index in [0.29, 0.717) is 41.7 Å². The number of allylic oxidation sites excluding steroid dienone is 2. The number of nitrogens with zero attached hydrogens (tertiary/aromatic N) is 7. The van der Waals surface area contributed by atoms with Gasteiger partial charge in [0.2, 0.25) is 11.8 Å². The lowest BCUT2D eigenvalue weighted by Gasteiger charge is -2.48. The summed E-state index contributed by atoms with van der Waals surface area (Å²) < 4.78 is 10.1. The SMILES string of the molecule is C[C@@H]1CC[C@H]2Cn3c(nc4nc(-c5nn(C)c(=O)[nH]5)nc(N[C@H](C)C5CCC5)c43)N3C2=C1OC[C@H]3c1ccccc1. The van der Waals surface area contributed by atoms with Crippen LogP contribution in [0.4, 0.5) is 11.8 Å². The fraction of sp³-hybridized carbons (Fsp3) is 0.500. The summed E-state index contributed by atoms with van der Waals surface area (Å²) in [5, 5.41) is 8.09. The van der Waals surface area contributed by atoms with E-state index >= 15 is 0 Å². The quantitative estimate of drug-likeness (QED) is 0.374. The lowest BCUT2D eigenvalue weighted by Crippen LogP contribution is -2.46. The molecule has 212 valence electrons. The first-order valence-corrected chi connectivity index (χ1v) is 14.9. The van der Waals surface area contributed by atoms with E-state index in [1.54, 1.807) is 7.05 Å². The van der Waals surface area contributed by atoms with E-state index in [4.69, 9.17) is 19.7 Å². The Morgan fingerprint density at radius 1 is 1.10 bits per heavy atom. The molecule has 2 aliphatic heterocycles. The van der Waals surface area contributed by atoms with Crippen LogP contribution in [0.2, 0.25) is 0 Å². The third-order valence-electron chi connectivity index (χ3n) is 9.59. The smallest absolute Gasteiger partial charge is 0.343 e. The Morgan fingerprint density at radius 2 is 1.93 bits per heavy atom. The molecule has 1 saturated carbocycles. The summed E-state index contributed by atoms with van der Waals surface area (Å²) in [5.41, 5.74) is 3.68. The second kappa shape index (κ2) is 9.19. The largest absolute Gasteiger partial charge is 0.493 e. The lowest BCUT2D eigenvalue weighted by molar-refractivity contribution is 0.112. The number of H-pyrrole nitrogens is 1. The van der Waals surface area contributed by atoms with E-state index in [0.717, 1.165) is 42.4 Å². The zero-order valence-electron chi connectivity index (χ0n) is 23.7. The molecule has 41 heavy (non-hydrogen) atoms. The van der Waals surface area contributed by atoms with Crippen LogP contribution in [-0.4, -0.2) is 46.9 Å². The summed E-state index contributed by atoms with van der Waals surface area (Å²) >= 11 is 0. The molecule has 11 nitrogen and oxygen atoms in total. The zero-order chi connectivity index (χ0) is 27.8. The summed E-state index contributed by atoms with van der Waals surface area (Å²) in [6, 6.07) is 10.8. The van der Waals surface area contributed by atoms with Gasteiger partial charge in [0, 0.05) is 31.5 Å². The number of hydrogen-bond donors (Lipinski definition) is 2. The first-order valence-electron chi connectivity index (χ1n) is 14.9. The predicted octanol–water partition coefficient (Wildman–Crippen LogP) is 4.36. The van der Waals surface area contributed by atoms with Gasteiger partial charge in [-0.15, -0.1) is 5.10 Å². The van der Waals surface area contributed by atoms with Gasteiger partial charge in [-0.25, -0.2) is 19.4 Å². The van der Waals surface area contributed by atoms with Crippen LogP contribution in [0.5, 0.6) is 0 Å². The van der Waals surface area contributed by atoms with Gasteiger partial charge in [0.1, 0.15) is 17.9 Å². The number of imidazole rings is 1. The topological polar surface area (TPSA) is 119 Å². The van der Waals surface area contributed by atoms with Crippen LogP contribution < -0.4 is 15.9 Å². The highest BCUT2D eigenvalue weighted by molar-refractivity contribution is 5.88. The second-order valence-electron chi connectivity index (χ2n) is 12.1. The molecular weight excluding hydrogens is 518 g/mol. The molecule has 0 saturated heterocycles. The fourth-order valence-corrected chi connectivity index (χ4v) is 7.05. The van der Waals surface area contributed by atoms with Crippen LogP contribution in [0, 0.1) is 17.8 Å². The van der Waals surface area contributed by atoms with Crippen molar-refractivity contribution in [1.29, 1.82) is 0 Å². The Balaban J connectivity index is 1.34. The van der Waals surface area contributed by atoms with Crippen LogP contribution in [-0.2, 0) is 18.3 Å². The Kier molecular flexibility index (Phi) is 5.52. The van der Waals surface area contributed by atoms with Crippen LogP contribution in [0.25, 0.3) is 22.8 Å². The molecule has 4 aromatic rings. The van der Waals surface area contributed by atoms with E-state index in [1.165, 1.54) is 35.2 Å². The molecular formula is C30H35N9O2. The first-order chi connectivity index (χ1) is 20.0.